The zero-order valence-corrected chi connectivity index (χ0v) is 26.8. The molecule has 0 fully saturated rings. The number of nitrogens with zero attached hydrogens (tertiary/aromatic N) is 2. The van der Waals surface area contributed by atoms with Gasteiger partial charge in [-0.1, -0.05) is 48.5 Å². The number of carboxylic acid groups (broad SMARTS) is 2. The zero-order chi connectivity index (χ0) is 36.7. The normalized spacial score (nSPS) is 15.3. The van der Waals surface area contributed by atoms with Crippen molar-refractivity contribution in [2.45, 2.75) is 31.0 Å². The molecule has 0 amide bonds. The highest BCUT2D eigenvalue weighted by Gasteiger charge is 2.34. The van der Waals surface area contributed by atoms with E-state index in [4.69, 9.17) is 10.8 Å². The summed E-state index contributed by atoms with van der Waals surface area (Å²) in [6.07, 6.45) is 3.19. The molecule has 0 radical (unpaired) electrons. The first-order chi connectivity index (χ1) is 24.5. The quantitative estimate of drug-likeness (QED) is 0.0679. The molecule has 15 nitrogen and oxygen atoms in total. The summed E-state index contributed by atoms with van der Waals surface area (Å²) in [4.78, 5) is 58.8. The molecule has 3 heterocycles. The minimum atomic E-state index is -0.972. The van der Waals surface area contributed by atoms with Crippen molar-refractivity contribution in [1.82, 2.24) is 15.3 Å². The van der Waals surface area contributed by atoms with Gasteiger partial charge in [0, 0.05) is 76.4 Å². The topological polar surface area (TPSA) is 248 Å². The monoisotopic (exact) mass is 692 g/mol. The Bertz CT molecular complexity index is 2210. The lowest BCUT2D eigenvalue weighted by Gasteiger charge is -2.29. The summed E-state index contributed by atoms with van der Waals surface area (Å²) in [6, 6.07) is 25.2. The maximum atomic E-state index is 11.6. The molecule has 6 aromatic rings. The van der Waals surface area contributed by atoms with Crippen LogP contribution in [0.25, 0.3) is 21.8 Å². The third kappa shape index (κ3) is 8.30. The van der Waals surface area contributed by atoms with Crippen LogP contribution in [0.4, 0.5) is 11.4 Å². The van der Waals surface area contributed by atoms with Crippen LogP contribution in [0.5, 0.6) is 0 Å². The average Bonchev–Trinajstić information content (AvgIpc) is 3.73. The minimum absolute atomic E-state index is 0.00407. The molecule has 4 aromatic carbocycles. The molecule has 0 aliphatic carbocycles. The van der Waals surface area contributed by atoms with Gasteiger partial charge >= 0.3 is 11.9 Å². The Hall–Kier alpha value is -6.71. The van der Waals surface area contributed by atoms with Crippen LogP contribution in [0.3, 0.4) is 0 Å². The highest BCUT2D eigenvalue weighted by molar-refractivity contribution is 5.87. The lowest BCUT2D eigenvalue weighted by molar-refractivity contribution is -0.385. The number of rotatable bonds is 8. The van der Waals surface area contributed by atoms with E-state index >= 15 is 0 Å². The molecule has 0 spiro atoms. The lowest BCUT2D eigenvalue weighted by Crippen LogP contribution is -2.44. The van der Waals surface area contributed by atoms with Gasteiger partial charge in [0.2, 0.25) is 0 Å². The first-order valence-electron chi connectivity index (χ1n) is 15.5. The number of aromatic amines is 2. The highest BCUT2D eigenvalue weighted by atomic mass is 16.6. The summed E-state index contributed by atoms with van der Waals surface area (Å²) in [5, 5.41) is 44.4. The van der Waals surface area contributed by atoms with Gasteiger partial charge in [0.05, 0.1) is 15.9 Å². The van der Waals surface area contributed by atoms with Crippen molar-refractivity contribution >= 4 is 51.4 Å². The Kier molecular flexibility index (Phi) is 10.9. The molecule has 260 valence electrons. The van der Waals surface area contributed by atoms with Crippen LogP contribution in [0.1, 0.15) is 38.8 Å². The van der Waals surface area contributed by atoms with Gasteiger partial charge in [0.25, 0.3) is 11.4 Å². The molecule has 1 aliphatic heterocycles. The Morgan fingerprint density at radius 1 is 0.843 bits per heavy atom. The van der Waals surface area contributed by atoms with Crippen molar-refractivity contribution in [3.8, 4) is 0 Å². The largest absolute Gasteiger partial charge is 0.480 e. The number of nitrogens with one attached hydrogen (secondary N) is 3. The molecule has 51 heavy (non-hydrogen) atoms. The van der Waals surface area contributed by atoms with Crippen LogP contribution < -0.4 is 11.1 Å². The van der Waals surface area contributed by atoms with Gasteiger partial charge in [-0.3, -0.25) is 39.9 Å². The van der Waals surface area contributed by atoms with Gasteiger partial charge in [-0.25, -0.2) is 0 Å². The van der Waals surface area contributed by atoms with E-state index in [-0.39, 0.29) is 17.4 Å². The number of non-ortho nitro benzene ring substituents is 2. The summed E-state index contributed by atoms with van der Waals surface area (Å²) in [5.74, 6) is -1.89. The number of nitro benzene ring substituents is 2. The second kappa shape index (κ2) is 15.7. The van der Waals surface area contributed by atoms with Crippen molar-refractivity contribution in [3.63, 3.8) is 0 Å². The number of carboxylic acids is 2. The molecule has 1 aliphatic rings. The van der Waals surface area contributed by atoms with Crippen LogP contribution in [-0.2, 0) is 22.4 Å². The van der Waals surface area contributed by atoms with E-state index in [9.17, 15) is 39.7 Å². The summed E-state index contributed by atoms with van der Waals surface area (Å²) in [7, 11) is 0. The molecule has 3 atom stereocenters. The Balaban J connectivity index is 0.000000165. The van der Waals surface area contributed by atoms with Crippen LogP contribution >= 0.6 is 0 Å². The summed E-state index contributed by atoms with van der Waals surface area (Å²) in [5.41, 5.74) is 11.5. The molecule has 7 rings (SSSR count). The molecular weight excluding hydrogens is 660 g/mol. The number of nitro groups is 2. The van der Waals surface area contributed by atoms with Gasteiger partial charge < -0.3 is 25.9 Å². The minimum Gasteiger partial charge on any atom is -0.480 e. The summed E-state index contributed by atoms with van der Waals surface area (Å²) >= 11 is 0. The lowest BCUT2D eigenvalue weighted by atomic mass is 9.90. The van der Waals surface area contributed by atoms with E-state index in [0.29, 0.717) is 24.7 Å². The number of benzene rings is 4. The van der Waals surface area contributed by atoms with Crippen LogP contribution in [0, 0.1) is 20.2 Å². The van der Waals surface area contributed by atoms with Crippen molar-refractivity contribution < 1.29 is 34.4 Å². The Morgan fingerprint density at radius 3 is 1.98 bits per heavy atom. The SMILES string of the molecule is N[C@@H](Cc1c[nH]c2ccccc12)C(=O)O.O=C(O)C1Cc2c([nH]c3ccccc23)C(c2ccc([N+](=O)[O-])cc2)N1.O=Cc1ccc([N+](=O)[O-])cc1. The number of aromatic nitrogens is 2. The number of para-hydroxylation sites is 2. The standard InChI is InChI=1S/C18H15N3O4.C11H12N2O2.C7H5NO3/c22-18(23)15-9-13-12-3-1-2-4-14(12)19-17(13)16(20-15)10-5-7-11(8-6-10)21(24)25;12-9(11(14)15)5-7-6-13-10-4-2-1-3-8(7)10;9-5-6-1-3-7(4-2-6)8(10)11/h1-8,15-16,19-20H,9H2,(H,22,23);1-4,6,9,13H,5,12H2,(H,14,15);1-5H/t;9-;/m.0./s1. The number of nitrogens with two attached hydrogens (primary N) is 1. The van der Waals surface area contributed by atoms with Crippen molar-refractivity contribution in [3.05, 3.63) is 151 Å². The van der Waals surface area contributed by atoms with E-state index in [0.717, 1.165) is 44.2 Å². The van der Waals surface area contributed by atoms with E-state index in [1.807, 2.05) is 54.7 Å². The molecule has 2 aromatic heterocycles. The molecule has 0 saturated carbocycles. The third-order valence-electron chi connectivity index (χ3n) is 8.32. The van der Waals surface area contributed by atoms with Crippen molar-refractivity contribution in [2.24, 2.45) is 5.73 Å². The first-order valence-corrected chi connectivity index (χ1v) is 15.5. The van der Waals surface area contributed by atoms with E-state index in [2.05, 4.69) is 15.3 Å². The first kappa shape index (κ1) is 35.6. The maximum absolute atomic E-state index is 11.6. The number of hydrogen-bond acceptors (Lipinski definition) is 9. The molecule has 0 saturated heterocycles. The predicted molar refractivity (Wildman–Crippen MR) is 188 cm³/mol. The maximum Gasteiger partial charge on any atom is 0.321 e. The van der Waals surface area contributed by atoms with Crippen LogP contribution in [0.2, 0.25) is 0 Å². The molecule has 15 heteroatoms. The van der Waals surface area contributed by atoms with Gasteiger partial charge in [0.15, 0.2) is 0 Å². The number of aliphatic carboxylic acids is 2. The zero-order valence-electron chi connectivity index (χ0n) is 26.8. The van der Waals surface area contributed by atoms with Gasteiger partial charge in [-0.15, -0.1) is 0 Å². The third-order valence-corrected chi connectivity index (χ3v) is 8.32. The van der Waals surface area contributed by atoms with Crippen molar-refractivity contribution in [2.75, 3.05) is 0 Å². The fourth-order valence-corrected chi connectivity index (χ4v) is 5.74. The van der Waals surface area contributed by atoms with Gasteiger partial charge in [-0.05, 0) is 41.0 Å². The van der Waals surface area contributed by atoms with Gasteiger partial charge in [-0.2, -0.15) is 0 Å². The average molecular weight is 693 g/mol. The number of carbonyl (C=O) groups excluding carboxylic acids is 1. The van der Waals surface area contributed by atoms with E-state index in [1.165, 1.54) is 36.4 Å². The Labute approximate surface area is 289 Å². The fourth-order valence-electron chi connectivity index (χ4n) is 5.74. The predicted octanol–water partition coefficient (Wildman–Crippen LogP) is 5.29. The number of hydrogen-bond donors (Lipinski definition) is 6. The smallest absolute Gasteiger partial charge is 0.321 e. The van der Waals surface area contributed by atoms with E-state index < -0.39 is 33.9 Å². The van der Waals surface area contributed by atoms with Crippen LogP contribution in [-0.4, -0.2) is 60.3 Å². The molecule has 2 unspecified atom stereocenters. The van der Waals surface area contributed by atoms with E-state index in [1.54, 1.807) is 12.1 Å². The van der Waals surface area contributed by atoms with Gasteiger partial charge in [0.1, 0.15) is 18.4 Å². The molecule has 7 N–H and O–H groups in total. The molecular formula is C36H32N6O9. The Morgan fingerprint density at radius 2 is 1.41 bits per heavy atom. The number of carbonyl (C=O) groups is 3. The molecule has 0 bridgehead atoms. The number of H-pyrrole nitrogens is 2. The summed E-state index contributed by atoms with van der Waals surface area (Å²) in [6.45, 7) is 0. The highest BCUT2D eigenvalue weighted by Crippen LogP contribution is 2.35. The van der Waals surface area contributed by atoms with Crippen molar-refractivity contribution in [1.29, 1.82) is 0 Å². The summed E-state index contributed by atoms with van der Waals surface area (Å²) < 4.78 is 0. The van der Waals surface area contributed by atoms with Crippen LogP contribution in [0.15, 0.2) is 103 Å². The fraction of sp³-hybridized carbons (Fsp3) is 0.139. The number of fused-ring (bicyclic) bond motifs is 4. The second-order valence-corrected chi connectivity index (χ2v) is 11.6. The second-order valence-electron chi connectivity index (χ2n) is 11.6. The number of aldehydes is 1.